The normalized spacial score (nSPS) is 14.0. The molecule has 0 atom stereocenters. The van der Waals surface area contributed by atoms with E-state index in [2.05, 4.69) is 116 Å². The Balaban J connectivity index is 3.75. The molecule has 0 heterocycles. The van der Waals surface area contributed by atoms with Gasteiger partial charge in [0.2, 0.25) is 0 Å². The fraction of sp³-hybridized carbons (Fsp3) is 1.00. The standard InChI is InChI=1S/CH3I5OSi2/c1-8(2,3)7-9(4,5)6/h1H3. The summed E-state index contributed by atoms with van der Waals surface area (Å²) in [7, 11) is 0. The molecule has 56 valence electrons. The summed E-state index contributed by atoms with van der Waals surface area (Å²) in [6, 6.07) is 0. The molecule has 0 aliphatic rings. The molecule has 0 aliphatic heterocycles. The highest BCUT2D eigenvalue weighted by molar-refractivity contribution is 14.4. The van der Waals surface area contributed by atoms with Crippen LogP contribution in [0.1, 0.15) is 0 Å². The average Bonchev–Trinajstić information content (AvgIpc) is 1.14. The zero-order valence-electron chi connectivity index (χ0n) is 4.30. The Morgan fingerprint density at radius 2 is 1.33 bits per heavy atom. The molecule has 1 nitrogen and oxygen atoms in total. The van der Waals surface area contributed by atoms with Gasteiger partial charge in [-0.15, -0.1) is 0 Å². The molecule has 0 aromatic rings. The second-order valence-electron chi connectivity index (χ2n) is 1.36. The maximum absolute atomic E-state index is 5.84. The van der Waals surface area contributed by atoms with Crippen LogP contribution < -0.4 is 0 Å². The van der Waals surface area contributed by atoms with E-state index in [9.17, 15) is 0 Å². The van der Waals surface area contributed by atoms with Crippen molar-refractivity contribution in [2.75, 3.05) is 0 Å². The van der Waals surface area contributed by atoms with Gasteiger partial charge in [-0.05, 0) is 6.55 Å². The molecule has 0 saturated carbocycles. The van der Waals surface area contributed by atoms with Crippen LogP contribution in [-0.2, 0) is 4.12 Å². The fourth-order valence-corrected chi connectivity index (χ4v) is 42.4. The lowest BCUT2D eigenvalue weighted by Gasteiger charge is -2.19. The summed E-state index contributed by atoms with van der Waals surface area (Å²) in [4.78, 5) is 0. The van der Waals surface area contributed by atoms with Crippen molar-refractivity contribution in [3.05, 3.63) is 0 Å². The monoisotopic (exact) mass is 721 g/mol. The van der Waals surface area contributed by atoms with Crippen molar-refractivity contribution < 1.29 is 4.12 Å². The molecule has 0 unspecified atom stereocenters. The van der Waals surface area contributed by atoms with Gasteiger partial charge in [-0.1, -0.05) is 109 Å². The molecule has 0 amide bonds. The molecular weight excluding hydrogens is 719 g/mol. The van der Waals surface area contributed by atoms with Crippen LogP contribution in [0.2, 0.25) is 6.55 Å². The Morgan fingerprint density at radius 1 is 1.00 bits per heavy atom. The van der Waals surface area contributed by atoms with Crippen LogP contribution in [0.25, 0.3) is 0 Å². The van der Waals surface area contributed by atoms with Gasteiger partial charge in [0.15, 0.2) is 0 Å². The van der Waals surface area contributed by atoms with Crippen LogP contribution >= 0.6 is 109 Å². The second kappa shape index (κ2) is 5.06. The minimum Gasteiger partial charge on any atom is -0.419 e. The smallest absolute Gasteiger partial charge is 0.383 e. The third kappa shape index (κ3) is 12.0. The van der Waals surface area contributed by atoms with Crippen LogP contribution in [-0.4, -0.2) is 4.12 Å². The van der Waals surface area contributed by atoms with E-state index in [-0.39, 0.29) is 0 Å². The van der Waals surface area contributed by atoms with Crippen LogP contribution in [0.4, 0.5) is 0 Å². The Hall–Kier alpha value is 4.04. The van der Waals surface area contributed by atoms with Crippen molar-refractivity contribution in [2.45, 2.75) is 6.55 Å². The van der Waals surface area contributed by atoms with Gasteiger partial charge in [0.1, 0.15) is 0 Å². The Morgan fingerprint density at radius 3 is 1.33 bits per heavy atom. The van der Waals surface area contributed by atoms with E-state index in [0.29, 0.717) is 0 Å². The lowest BCUT2D eigenvalue weighted by atomic mass is 11.9. The fourth-order valence-electron chi connectivity index (χ4n) is 0.203. The molecule has 0 aromatic heterocycles. The molecule has 8 heteroatoms. The van der Waals surface area contributed by atoms with Gasteiger partial charge in [-0.25, -0.2) is 0 Å². The largest absolute Gasteiger partial charge is 0.419 e. The summed E-state index contributed by atoms with van der Waals surface area (Å²) in [5.41, 5.74) is 0. The second-order valence-corrected chi connectivity index (χ2v) is 55.5. The van der Waals surface area contributed by atoms with E-state index in [1.807, 2.05) is 0 Å². The van der Waals surface area contributed by atoms with Crippen molar-refractivity contribution in [3.8, 4) is 0 Å². The summed E-state index contributed by atoms with van der Waals surface area (Å²) in [5.74, 6) is 0. The molecule has 0 aliphatic carbocycles. The third-order valence-electron chi connectivity index (χ3n) is 0.295. The van der Waals surface area contributed by atoms with Gasteiger partial charge in [0.25, 0.3) is 0 Å². The molecule has 0 saturated heterocycles. The third-order valence-corrected chi connectivity index (χ3v) is 12.6. The maximum atomic E-state index is 5.84. The first-order chi connectivity index (χ1) is 3.71. The van der Waals surface area contributed by atoms with E-state index in [4.69, 9.17) is 4.12 Å². The van der Waals surface area contributed by atoms with Crippen LogP contribution in [0.5, 0.6) is 0 Å². The molecule has 9 heavy (non-hydrogen) atoms. The Bertz CT molecular complexity index is 80.1. The zero-order valence-corrected chi connectivity index (χ0v) is 17.1. The molecule has 0 fully saturated rings. The van der Waals surface area contributed by atoms with E-state index < -0.39 is 4.12 Å². The number of hydrogen-bond donors (Lipinski definition) is 0. The lowest BCUT2D eigenvalue weighted by molar-refractivity contribution is 0.656. The summed E-state index contributed by atoms with van der Waals surface area (Å²) in [6.07, 6.45) is 0. The molecule has 0 bridgehead atoms. The first-order valence-corrected chi connectivity index (χ1v) is 21.7. The molecule has 0 N–H and O–H groups in total. The van der Waals surface area contributed by atoms with Crippen molar-refractivity contribution in [1.82, 2.24) is 0 Å². The SMILES string of the molecule is C[Si](I)(I)O[Si](I)(I)I. The van der Waals surface area contributed by atoms with E-state index in [1.54, 1.807) is 0 Å². The summed E-state index contributed by atoms with van der Waals surface area (Å²) in [6.45, 7) is 2.20. The van der Waals surface area contributed by atoms with Crippen molar-refractivity contribution in [2.24, 2.45) is 0 Å². The Labute approximate surface area is 121 Å². The predicted molar refractivity (Wildman–Crippen MR) is 88.6 cm³/mol. The highest BCUT2D eigenvalue weighted by atomic mass is 127. The quantitative estimate of drug-likeness (QED) is 0.237. The number of halogens is 5. The van der Waals surface area contributed by atoms with E-state index >= 15 is 0 Å². The van der Waals surface area contributed by atoms with Gasteiger partial charge in [-0.3, -0.25) is 0 Å². The van der Waals surface area contributed by atoms with E-state index in [0.717, 1.165) is 0 Å². The first kappa shape index (κ1) is 13.0. The van der Waals surface area contributed by atoms with Gasteiger partial charge in [-0.2, -0.15) is 0 Å². The Kier molecular flexibility index (Phi) is 7.33. The lowest BCUT2D eigenvalue weighted by Crippen LogP contribution is -2.28. The van der Waals surface area contributed by atoms with Crippen LogP contribution in [0, 0.1) is 0 Å². The topological polar surface area (TPSA) is 9.23 Å². The number of rotatable bonds is 2. The predicted octanol–water partition coefficient (Wildman–Crippen LogP) is 4.18. The van der Waals surface area contributed by atoms with Crippen molar-refractivity contribution in [3.63, 3.8) is 0 Å². The van der Waals surface area contributed by atoms with Crippen LogP contribution in [0.3, 0.4) is 0 Å². The molecule has 0 aromatic carbocycles. The highest BCUT2D eigenvalue weighted by Gasteiger charge is 2.34. The average molecular weight is 722 g/mol. The van der Waals surface area contributed by atoms with Gasteiger partial charge >= 0.3 is 4.12 Å². The van der Waals surface area contributed by atoms with Gasteiger partial charge in [0, 0.05) is 0 Å². The summed E-state index contributed by atoms with van der Waals surface area (Å²) < 4.78 is 3.19. The molecule has 0 rings (SSSR count). The van der Waals surface area contributed by atoms with Crippen molar-refractivity contribution >= 4 is 113 Å². The van der Waals surface area contributed by atoms with E-state index in [1.165, 1.54) is 0 Å². The molecule has 0 spiro atoms. The minimum absolute atomic E-state index is 1.31. The molecular formula is CH3I5OSi2. The highest BCUT2D eigenvalue weighted by Crippen LogP contribution is 2.37. The summed E-state index contributed by atoms with van der Waals surface area (Å²) >= 11 is 12.1. The zero-order chi connectivity index (χ0) is 7.71. The van der Waals surface area contributed by atoms with Crippen LogP contribution in [0.15, 0.2) is 0 Å². The van der Waals surface area contributed by atoms with Crippen molar-refractivity contribution in [1.29, 1.82) is 0 Å². The van der Waals surface area contributed by atoms with Gasteiger partial charge in [0.05, 0.1) is 0 Å². The van der Waals surface area contributed by atoms with Gasteiger partial charge < -0.3 is 4.12 Å². The molecule has 0 radical (unpaired) electrons. The summed E-state index contributed by atoms with van der Waals surface area (Å²) in [5, 5.41) is 0. The minimum atomic E-state index is -1.34. The number of hydrogen-bond acceptors (Lipinski definition) is 1. The first-order valence-electron chi connectivity index (χ1n) is 1.85. The maximum Gasteiger partial charge on any atom is 0.383 e.